The Kier molecular flexibility index (Phi) is 7.57. The molecule has 2 rings (SSSR count). The molecule has 0 aromatic heterocycles. The molecule has 7 nitrogen and oxygen atoms in total. The Balaban J connectivity index is 1.82. The van der Waals surface area contributed by atoms with Crippen molar-refractivity contribution in [3.63, 3.8) is 0 Å². The lowest BCUT2D eigenvalue weighted by molar-refractivity contribution is -0.124. The highest BCUT2D eigenvalue weighted by atomic mass is 79.9. The number of carbonyl (C=O) groups is 2. The van der Waals surface area contributed by atoms with Gasteiger partial charge in [0.05, 0.1) is 17.8 Å². The number of nitrogens with zero attached hydrogens (tertiary/aromatic N) is 1. The molecule has 0 unspecified atom stereocenters. The summed E-state index contributed by atoms with van der Waals surface area (Å²) in [6, 6.07) is 8.86. The third kappa shape index (κ3) is 6.09. The lowest BCUT2D eigenvalue weighted by atomic mass is 10.1. The number of nitrogens with one attached hydrogen (secondary N) is 2. The van der Waals surface area contributed by atoms with Gasteiger partial charge in [0.1, 0.15) is 0 Å². The van der Waals surface area contributed by atoms with E-state index in [-0.39, 0.29) is 36.2 Å². The molecule has 0 fully saturated rings. The molecule has 0 aliphatic carbocycles. The molecule has 0 aliphatic rings. The first-order valence-electron chi connectivity index (χ1n) is 8.55. The number of aromatic hydroxyl groups is 1. The van der Waals surface area contributed by atoms with Crippen LogP contribution in [0.3, 0.4) is 0 Å². The zero-order chi connectivity index (χ0) is 20.7. The molecule has 0 atom stereocenters. The fourth-order valence-electron chi connectivity index (χ4n) is 2.33. The topological polar surface area (TPSA) is 100 Å². The second-order valence-corrected chi connectivity index (χ2v) is 7.05. The minimum Gasteiger partial charge on any atom is -0.503 e. The number of amides is 2. The van der Waals surface area contributed by atoms with Crippen molar-refractivity contribution in [1.82, 2.24) is 5.43 Å². The van der Waals surface area contributed by atoms with Crippen molar-refractivity contribution >= 4 is 39.6 Å². The molecule has 8 heteroatoms. The van der Waals surface area contributed by atoms with Crippen LogP contribution in [0.2, 0.25) is 0 Å². The summed E-state index contributed by atoms with van der Waals surface area (Å²) in [6.07, 6.45) is 1.48. The Labute approximate surface area is 171 Å². The van der Waals surface area contributed by atoms with Crippen molar-refractivity contribution in [2.45, 2.75) is 26.7 Å². The van der Waals surface area contributed by atoms with Gasteiger partial charge in [0.25, 0.3) is 0 Å². The summed E-state index contributed by atoms with van der Waals surface area (Å²) >= 11 is 3.21. The van der Waals surface area contributed by atoms with E-state index in [1.165, 1.54) is 13.3 Å². The van der Waals surface area contributed by atoms with Gasteiger partial charge < -0.3 is 15.2 Å². The van der Waals surface area contributed by atoms with Crippen LogP contribution in [0.5, 0.6) is 11.5 Å². The summed E-state index contributed by atoms with van der Waals surface area (Å²) in [5.74, 6) is -0.352. The maximum atomic E-state index is 12.0. The van der Waals surface area contributed by atoms with Crippen molar-refractivity contribution in [3.8, 4) is 11.5 Å². The third-order valence-corrected chi connectivity index (χ3v) is 4.65. The molecule has 148 valence electrons. The van der Waals surface area contributed by atoms with Gasteiger partial charge in [-0.3, -0.25) is 9.59 Å². The summed E-state index contributed by atoms with van der Waals surface area (Å²) in [7, 11) is 1.44. The average molecular weight is 448 g/mol. The van der Waals surface area contributed by atoms with Crippen molar-refractivity contribution < 1.29 is 19.4 Å². The Bertz CT molecular complexity index is 913. The van der Waals surface area contributed by atoms with Crippen LogP contribution in [0.1, 0.15) is 29.5 Å². The highest BCUT2D eigenvalue weighted by molar-refractivity contribution is 9.10. The fourth-order valence-corrected chi connectivity index (χ4v) is 2.79. The van der Waals surface area contributed by atoms with Gasteiger partial charge in [0.2, 0.25) is 11.8 Å². The normalized spacial score (nSPS) is 10.7. The average Bonchev–Trinajstić information content (AvgIpc) is 2.65. The lowest BCUT2D eigenvalue weighted by Crippen LogP contribution is -2.20. The van der Waals surface area contributed by atoms with E-state index in [0.29, 0.717) is 15.7 Å². The van der Waals surface area contributed by atoms with Gasteiger partial charge in [-0.25, -0.2) is 5.43 Å². The molecule has 0 spiro atoms. The van der Waals surface area contributed by atoms with Gasteiger partial charge in [0.15, 0.2) is 11.5 Å². The minimum absolute atomic E-state index is 0.0105. The summed E-state index contributed by atoms with van der Waals surface area (Å²) in [4.78, 5) is 23.8. The van der Waals surface area contributed by atoms with E-state index in [0.717, 1.165) is 11.1 Å². The van der Waals surface area contributed by atoms with E-state index in [1.807, 2.05) is 32.0 Å². The molecule has 28 heavy (non-hydrogen) atoms. The molecule has 0 bridgehead atoms. The smallest absolute Gasteiger partial charge is 0.240 e. The van der Waals surface area contributed by atoms with Crippen LogP contribution in [-0.4, -0.2) is 30.2 Å². The summed E-state index contributed by atoms with van der Waals surface area (Å²) < 4.78 is 5.49. The molecule has 3 N–H and O–H groups in total. The quantitative estimate of drug-likeness (QED) is 0.445. The maximum absolute atomic E-state index is 12.0. The predicted molar refractivity (Wildman–Crippen MR) is 112 cm³/mol. The fraction of sp³-hybridized carbons (Fsp3) is 0.250. The minimum atomic E-state index is -0.378. The number of anilines is 1. The Morgan fingerprint density at radius 3 is 2.54 bits per heavy atom. The highest BCUT2D eigenvalue weighted by Crippen LogP contribution is 2.34. The summed E-state index contributed by atoms with van der Waals surface area (Å²) in [5.41, 5.74) is 5.93. The predicted octanol–water partition coefficient (Wildman–Crippen LogP) is 3.65. The number of hydrazone groups is 1. The van der Waals surface area contributed by atoms with Gasteiger partial charge >= 0.3 is 0 Å². The monoisotopic (exact) mass is 447 g/mol. The first-order valence-corrected chi connectivity index (χ1v) is 9.35. The number of aryl methyl sites for hydroxylation is 2. The lowest BCUT2D eigenvalue weighted by Gasteiger charge is -2.07. The van der Waals surface area contributed by atoms with Crippen LogP contribution in [0.4, 0.5) is 5.69 Å². The zero-order valence-electron chi connectivity index (χ0n) is 15.9. The number of benzene rings is 2. The molecule has 0 saturated carbocycles. The molecule has 0 aliphatic heterocycles. The molecule has 0 heterocycles. The van der Waals surface area contributed by atoms with E-state index in [2.05, 4.69) is 31.8 Å². The van der Waals surface area contributed by atoms with Gasteiger partial charge in [-0.2, -0.15) is 5.10 Å². The Hall–Kier alpha value is -2.87. The first-order chi connectivity index (χ1) is 13.3. The van der Waals surface area contributed by atoms with Crippen LogP contribution >= 0.6 is 15.9 Å². The number of hydrogen-bond acceptors (Lipinski definition) is 5. The number of halogens is 1. The van der Waals surface area contributed by atoms with Crippen molar-refractivity contribution in [1.29, 1.82) is 0 Å². The molecule has 0 saturated heterocycles. The van der Waals surface area contributed by atoms with Crippen LogP contribution in [0, 0.1) is 13.8 Å². The van der Waals surface area contributed by atoms with Crippen molar-refractivity contribution in [3.05, 3.63) is 51.5 Å². The molecule has 2 aromatic carbocycles. The van der Waals surface area contributed by atoms with E-state index in [9.17, 15) is 14.7 Å². The summed E-state index contributed by atoms with van der Waals surface area (Å²) in [6.45, 7) is 3.97. The van der Waals surface area contributed by atoms with Crippen LogP contribution in [0.25, 0.3) is 0 Å². The number of phenols is 1. The molecule has 2 aromatic rings. The standard InChI is InChI=1S/C20H22BrN3O4/c1-12-4-5-15(8-13(12)2)23-18(25)6-7-19(26)24-22-11-14-9-16(21)20(27)17(10-14)28-3/h4-5,8-11,27H,6-7H2,1-3H3,(H,23,25)(H,24,26)/b22-11+. The molecule has 0 radical (unpaired) electrons. The Morgan fingerprint density at radius 2 is 1.86 bits per heavy atom. The van der Waals surface area contributed by atoms with Crippen LogP contribution < -0.4 is 15.5 Å². The van der Waals surface area contributed by atoms with Gasteiger partial charge in [-0.15, -0.1) is 0 Å². The number of hydrogen-bond donors (Lipinski definition) is 3. The van der Waals surface area contributed by atoms with Crippen LogP contribution in [0.15, 0.2) is 39.9 Å². The number of carbonyl (C=O) groups excluding carboxylic acids is 2. The van der Waals surface area contributed by atoms with Gasteiger partial charge in [-0.1, -0.05) is 6.07 Å². The van der Waals surface area contributed by atoms with Crippen molar-refractivity contribution in [2.24, 2.45) is 5.10 Å². The Morgan fingerprint density at radius 1 is 1.14 bits per heavy atom. The highest BCUT2D eigenvalue weighted by Gasteiger charge is 2.09. The first kappa shape index (κ1) is 21.4. The molecule has 2 amide bonds. The molecular weight excluding hydrogens is 426 g/mol. The number of phenolic OH excluding ortho intramolecular Hbond substituents is 1. The summed E-state index contributed by atoms with van der Waals surface area (Å²) in [5, 5.41) is 16.4. The van der Waals surface area contributed by atoms with Gasteiger partial charge in [0, 0.05) is 18.5 Å². The van der Waals surface area contributed by atoms with Crippen LogP contribution in [-0.2, 0) is 9.59 Å². The SMILES string of the molecule is COc1cc(/C=N/NC(=O)CCC(=O)Nc2ccc(C)c(C)c2)cc(Br)c1O. The second kappa shape index (κ2) is 9.89. The number of ether oxygens (including phenoxy) is 1. The van der Waals surface area contributed by atoms with E-state index in [4.69, 9.17) is 4.74 Å². The van der Waals surface area contributed by atoms with E-state index >= 15 is 0 Å². The largest absolute Gasteiger partial charge is 0.503 e. The number of rotatable bonds is 7. The zero-order valence-corrected chi connectivity index (χ0v) is 17.5. The number of methoxy groups -OCH3 is 1. The third-order valence-electron chi connectivity index (χ3n) is 4.04. The second-order valence-electron chi connectivity index (χ2n) is 6.19. The van der Waals surface area contributed by atoms with Crippen molar-refractivity contribution in [2.75, 3.05) is 12.4 Å². The maximum Gasteiger partial charge on any atom is 0.240 e. The van der Waals surface area contributed by atoms with E-state index < -0.39 is 0 Å². The molecular formula is C20H22BrN3O4. The van der Waals surface area contributed by atoms with E-state index in [1.54, 1.807) is 12.1 Å². The van der Waals surface area contributed by atoms with Gasteiger partial charge in [-0.05, 0) is 70.7 Å².